The zero-order chi connectivity index (χ0) is 15.4. The third-order valence-corrected chi connectivity index (χ3v) is 3.97. The number of hydrogen-bond acceptors (Lipinski definition) is 4. The molecule has 0 aliphatic heterocycles. The van der Waals surface area contributed by atoms with Crippen LogP contribution in [0.2, 0.25) is 0 Å². The van der Waals surface area contributed by atoms with E-state index in [2.05, 4.69) is 0 Å². The Hall–Kier alpha value is -1.58. The number of rotatable bonds is 5. The molecule has 20 heavy (non-hydrogen) atoms. The van der Waals surface area contributed by atoms with Gasteiger partial charge in [-0.3, -0.25) is 0 Å². The second-order valence-electron chi connectivity index (χ2n) is 5.81. The Balaban J connectivity index is 2.85. The predicted molar refractivity (Wildman–Crippen MR) is 77.6 cm³/mol. The van der Waals surface area contributed by atoms with E-state index in [-0.39, 0.29) is 23.7 Å². The summed E-state index contributed by atoms with van der Waals surface area (Å²) in [5, 5.41) is 14.1. The molecular formula is C14H20N2O3S. The maximum absolute atomic E-state index is 11.3. The highest BCUT2D eigenvalue weighted by Crippen LogP contribution is 2.28. The summed E-state index contributed by atoms with van der Waals surface area (Å²) in [5.74, 6) is 0.0495. The van der Waals surface area contributed by atoms with Crippen LogP contribution in [0.5, 0.6) is 5.75 Å². The van der Waals surface area contributed by atoms with Crippen LogP contribution in [-0.2, 0) is 10.0 Å². The van der Waals surface area contributed by atoms with Crippen molar-refractivity contribution in [2.45, 2.75) is 20.8 Å². The molecule has 1 aromatic carbocycles. The van der Waals surface area contributed by atoms with E-state index in [1.54, 1.807) is 24.3 Å². The maximum atomic E-state index is 11.3. The summed E-state index contributed by atoms with van der Waals surface area (Å²) in [6, 6.07) is 8.89. The van der Waals surface area contributed by atoms with E-state index in [4.69, 9.17) is 15.1 Å². The fourth-order valence-corrected chi connectivity index (χ4v) is 2.86. The minimum atomic E-state index is -3.57. The van der Waals surface area contributed by atoms with Gasteiger partial charge < -0.3 is 4.74 Å². The molecule has 110 valence electrons. The summed E-state index contributed by atoms with van der Waals surface area (Å²) >= 11 is 0. The number of hydrogen-bond donors (Lipinski definition) is 1. The fraction of sp³-hybridized carbons (Fsp3) is 0.500. The van der Waals surface area contributed by atoms with Gasteiger partial charge >= 0.3 is 0 Å². The number of para-hydroxylation sites is 1. The lowest BCUT2D eigenvalue weighted by Crippen LogP contribution is -2.35. The van der Waals surface area contributed by atoms with E-state index in [9.17, 15) is 8.42 Å². The SMILES string of the molecule is CC(C)(C)C(COc1ccccc1C#N)CS(N)(=O)=O. The molecule has 5 nitrogen and oxygen atoms in total. The Morgan fingerprint density at radius 1 is 1.35 bits per heavy atom. The molecule has 2 N–H and O–H groups in total. The van der Waals surface area contributed by atoms with Gasteiger partial charge in [-0.2, -0.15) is 5.26 Å². The topological polar surface area (TPSA) is 93.2 Å². The van der Waals surface area contributed by atoms with Gasteiger partial charge in [0.25, 0.3) is 0 Å². The first kappa shape index (κ1) is 16.5. The van der Waals surface area contributed by atoms with Crippen molar-refractivity contribution in [1.29, 1.82) is 5.26 Å². The Bertz CT molecular complexity index is 598. The van der Waals surface area contributed by atoms with Gasteiger partial charge in [-0.15, -0.1) is 0 Å². The summed E-state index contributed by atoms with van der Waals surface area (Å²) in [6.07, 6.45) is 0. The number of benzene rings is 1. The van der Waals surface area contributed by atoms with E-state index in [0.29, 0.717) is 11.3 Å². The molecule has 0 fully saturated rings. The zero-order valence-electron chi connectivity index (χ0n) is 12.0. The van der Waals surface area contributed by atoms with Crippen molar-refractivity contribution in [3.8, 4) is 11.8 Å². The van der Waals surface area contributed by atoms with Gasteiger partial charge in [-0.05, 0) is 17.5 Å². The van der Waals surface area contributed by atoms with Crippen LogP contribution in [0.25, 0.3) is 0 Å². The Morgan fingerprint density at radius 2 is 1.95 bits per heavy atom. The minimum Gasteiger partial charge on any atom is -0.492 e. The van der Waals surface area contributed by atoms with Crippen LogP contribution in [0, 0.1) is 22.7 Å². The molecular weight excluding hydrogens is 276 g/mol. The van der Waals surface area contributed by atoms with Crippen molar-refractivity contribution in [3.05, 3.63) is 29.8 Å². The summed E-state index contributed by atoms with van der Waals surface area (Å²) in [7, 11) is -3.57. The standard InChI is InChI=1S/C14H20N2O3S/c1-14(2,3)12(10-20(16,17)18)9-19-13-7-5-4-6-11(13)8-15/h4-7,12H,9-10H2,1-3H3,(H2,16,17,18). The maximum Gasteiger partial charge on any atom is 0.209 e. The van der Waals surface area contributed by atoms with Crippen LogP contribution in [0.1, 0.15) is 26.3 Å². The summed E-state index contributed by atoms with van der Waals surface area (Å²) in [5.41, 5.74) is 0.157. The highest BCUT2D eigenvalue weighted by atomic mass is 32.2. The van der Waals surface area contributed by atoms with Crippen molar-refractivity contribution >= 4 is 10.0 Å². The van der Waals surface area contributed by atoms with Gasteiger partial charge in [-0.25, -0.2) is 13.6 Å². The third kappa shape index (κ3) is 5.19. The smallest absolute Gasteiger partial charge is 0.209 e. The highest BCUT2D eigenvalue weighted by Gasteiger charge is 2.29. The fourth-order valence-electron chi connectivity index (χ4n) is 1.70. The molecule has 1 unspecified atom stereocenters. The molecule has 1 rings (SSSR count). The molecule has 0 aliphatic carbocycles. The molecule has 1 aromatic rings. The Morgan fingerprint density at radius 3 is 2.45 bits per heavy atom. The molecule has 0 aliphatic rings. The zero-order valence-corrected chi connectivity index (χ0v) is 12.8. The van der Waals surface area contributed by atoms with E-state index in [0.717, 1.165) is 0 Å². The van der Waals surface area contributed by atoms with Crippen molar-refractivity contribution < 1.29 is 13.2 Å². The summed E-state index contributed by atoms with van der Waals surface area (Å²) < 4.78 is 28.2. The molecule has 0 amide bonds. The van der Waals surface area contributed by atoms with E-state index >= 15 is 0 Å². The van der Waals surface area contributed by atoms with Crippen LogP contribution in [-0.4, -0.2) is 20.8 Å². The predicted octanol–water partition coefficient (Wildman–Crippen LogP) is 1.89. The average Bonchev–Trinajstić information content (AvgIpc) is 2.32. The highest BCUT2D eigenvalue weighted by molar-refractivity contribution is 7.89. The van der Waals surface area contributed by atoms with Gasteiger partial charge in [0.15, 0.2) is 0 Å². The lowest BCUT2D eigenvalue weighted by Gasteiger charge is -2.29. The molecule has 1 atom stereocenters. The minimum absolute atomic E-state index is 0.148. The molecule has 0 aromatic heterocycles. The van der Waals surface area contributed by atoms with E-state index in [1.807, 2.05) is 26.8 Å². The van der Waals surface area contributed by atoms with Gasteiger partial charge in [0.2, 0.25) is 10.0 Å². The Labute approximate surface area is 120 Å². The number of nitrogens with two attached hydrogens (primary N) is 1. The van der Waals surface area contributed by atoms with Gasteiger partial charge in [0.05, 0.1) is 17.9 Å². The van der Waals surface area contributed by atoms with Gasteiger partial charge in [0, 0.05) is 5.92 Å². The van der Waals surface area contributed by atoms with Crippen LogP contribution >= 0.6 is 0 Å². The quantitative estimate of drug-likeness (QED) is 0.897. The van der Waals surface area contributed by atoms with Crippen molar-refractivity contribution in [3.63, 3.8) is 0 Å². The molecule has 0 saturated carbocycles. The van der Waals surface area contributed by atoms with E-state index in [1.165, 1.54) is 0 Å². The molecule has 0 saturated heterocycles. The largest absolute Gasteiger partial charge is 0.492 e. The van der Waals surface area contributed by atoms with Crippen molar-refractivity contribution in [2.75, 3.05) is 12.4 Å². The molecule has 0 spiro atoms. The van der Waals surface area contributed by atoms with Crippen LogP contribution in [0.3, 0.4) is 0 Å². The number of nitrogens with zero attached hydrogens (tertiary/aromatic N) is 1. The van der Waals surface area contributed by atoms with Crippen LogP contribution < -0.4 is 9.88 Å². The lowest BCUT2D eigenvalue weighted by molar-refractivity contribution is 0.163. The number of sulfonamides is 1. The molecule has 0 heterocycles. The number of primary sulfonamides is 1. The lowest BCUT2D eigenvalue weighted by atomic mass is 9.82. The average molecular weight is 296 g/mol. The normalized spacial score (nSPS) is 13.6. The number of ether oxygens (including phenoxy) is 1. The van der Waals surface area contributed by atoms with E-state index < -0.39 is 10.0 Å². The van der Waals surface area contributed by atoms with Crippen molar-refractivity contribution in [1.82, 2.24) is 0 Å². The second kappa shape index (κ2) is 6.25. The Kier molecular flexibility index (Phi) is 5.15. The number of nitriles is 1. The third-order valence-electron chi connectivity index (χ3n) is 3.11. The summed E-state index contributed by atoms with van der Waals surface area (Å²) in [4.78, 5) is 0. The van der Waals surface area contributed by atoms with Crippen LogP contribution in [0.4, 0.5) is 0 Å². The molecule has 0 radical (unpaired) electrons. The van der Waals surface area contributed by atoms with Crippen molar-refractivity contribution in [2.24, 2.45) is 16.5 Å². The first-order valence-corrected chi connectivity index (χ1v) is 7.97. The van der Waals surface area contributed by atoms with Gasteiger partial charge in [-0.1, -0.05) is 32.9 Å². The van der Waals surface area contributed by atoms with Crippen LogP contribution in [0.15, 0.2) is 24.3 Å². The first-order valence-electron chi connectivity index (χ1n) is 6.26. The first-order chi connectivity index (χ1) is 9.13. The van der Waals surface area contributed by atoms with Gasteiger partial charge in [0.1, 0.15) is 11.8 Å². The molecule has 6 heteroatoms. The second-order valence-corrected chi connectivity index (χ2v) is 7.47. The molecule has 0 bridgehead atoms. The summed E-state index contributed by atoms with van der Waals surface area (Å²) in [6.45, 7) is 5.99. The monoisotopic (exact) mass is 296 g/mol.